The molecule has 0 bridgehead atoms. The lowest BCUT2D eigenvalue weighted by Gasteiger charge is -2.11. The highest BCUT2D eigenvalue weighted by atomic mass is 16.3. The highest BCUT2D eigenvalue weighted by Gasteiger charge is 2.17. The van der Waals surface area contributed by atoms with Crippen LogP contribution in [0.15, 0.2) is 108 Å². The summed E-state index contributed by atoms with van der Waals surface area (Å²) in [6.45, 7) is 2.15. The zero-order chi connectivity index (χ0) is 23.8. The highest BCUT2D eigenvalue weighted by molar-refractivity contribution is 6.06. The summed E-state index contributed by atoms with van der Waals surface area (Å²) in [6.07, 6.45) is 3.59. The van der Waals surface area contributed by atoms with Crippen LogP contribution < -0.4 is 0 Å². The van der Waals surface area contributed by atoms with Crippen LogP contribution in [0.5, 0.6) is 0 Å². The van der Waals surface area contributed by atoms with Crippen molar-refractivity contribution in [1.82, 2.24) is 18.9 Å². The van der Waals surface area contributed by atoms with E-state index in [-0.39, 0.29) is 0 Å². The molecule has 0 spiro atoms. The number of para-hydroxylation sites is 4. The van der Waals surface area contributed by atoms with E-state index in [0.717, 1.165) is 66.6 Å². The van der Waals surface area contributed by atoms with Gasteiger partial charge in [-0.1, -0.05) is 36.4 Å². The molecule has 0 N–H and O–H groups in total. The van der Waals surface area contributed by atoms with Gasteiger partial charge < -0.3 is 4.42 Å². The molecule has 4 aromatic heterocycles. The van der Waals surface area contributed by atoms with Crippen LogP contribution in [0.3, 0.4) is 0 Å². The van der Waals surface area contributed by atoms with Crippen molar-refractivity contribution in [2.45, 2.75) is 6.92 Å². The minimum atomic E-state index is 0.808. The van der Waals surface area contributed by atoms with E-state index in [2.05, 4.69) is 99.7 Å². The number of hydrogen-bond donors (Lipinski definition) is 0. The van der Waals surface area contributed by atoms with Gasteiger partial charge in [-0.25, -0.2) is 4.98 Å². The SMILES string of the molecule is Cc1cc(-c2ccc3oc4cnccc4c3c2)cc(-n2c3ccccc3n3c4ccccc4nc23)c1. The predicted molar refractivity (Wildman–Crippen MR) is 145 cm³/mol. The van der Waals surface area contributed by atoms with Crippen molar-refractivity contribution < 1.29 is 4.42 Å². The number of pyridine rings is 1. The molecule has 0 saturated carbocycles. The molecule has 5 heteroatoms. The molecule has 0 saturated heterocycles. The monoisotopic (exact) mass is 464 g/mol. The van der Waals surface area contributed by atoms with Gasteiger partial charge in [0.15, 0.2) is 5.58 Å². The fourth-order valence-corrected chi connectivity index (χ4v) is 5.48. The molecule has 4 aromatic carbocycles. The minimum absolute atomic E-state index is 0.808. The van der Waals surface area contributed by atoms with Crippen molar-refractivity contribution in [2.24, 2.45) is 0 Å². The van der Waals surface area contributed by atoms with Gasteiger partial charge in [0.2, 0.25) is 5.78 Å². The van der Waals surface area contributed by atoms with Crippen LogP contribution in [0.1, 0.15) is 5.56 Å². The van der Waals surface area contributed by atoms with Crippen LogP contribution in [0.4, 0.5) is 0 Å². The predicted octanol–water partition coefficient (Wildman–Crippen LogP) is 7.70. The normalized spacial score (nSPS) is 12.0. The summed E-state index contributed by atoms with van der Waals surface area (Å²) in [5, 5.41) is 2.18. The minimum Gasteiger partial charge on any atom is -0.454 e. The third-order valence-corrected chi connectivity index (χ3v) is 7.03. The first kappa shape index (κ1) is 19.4. The van der Waals surface area contributed by atoms with Crippen molar-refractivity contribution in [2.75, 3.05) is 0 Å². The van der Waals surface area contributed by atoms with Crippen molar-refractivity contribution in [3.8, 4) is 16.8 Å². The van der Waals surface area contributed by atoms with E-state index in [1.54, 1.807) is 6.20 Å². The molecule has 5 nitrogen and oxygen atoms in total. The van der Waals surface area contributed by atoms with E-state index in [0.29, 0.717) is 0 Å². The molecule has 0 aliphatic rings. The van der Waals surface area contributed by atoms with Crippen LogP contribution in [0, 0.1) is 6.92 Å². The molecule has 36 heavy (non-hydrogen) atoms. The summed E-state index contributed by atoms with van der Waals surface area (Å²) in [7, 11) is 0. The molecule has 0 fully saturated rings. The standard InChI is InChI=1S/C31H20N4O/c1-19-14-21(20-10-11-29-24(17-20)23-12-13-32-18-30(23)36-29)16-22(15-19)34-27-8-4-5-9-28(27)35-26-7-3-2-6-25(26)33-31(34)35/h2-18H,1H3. The van der Waals surface area contributed by atoms with E-state index >= 15 is 0 Å². The third-order valence-electron chi connectivity index (χ3n) is 7.03. The van der Waals surface area contributed by atoms with Gasteiger partial charge in [0.05, 0.1) is 34.0 Å². The highest BCUT2D eigenvalue weighted by Crippen LogP contribution is 2.35. The van der Waals surface area contributed by atoms with Gasteiger partial charge in [-0.15, -0.1) is 0 Å². The first-order valence-electron chi connectivity index (χ1n) is 12.0. The Kier molecular flexibility index (Phi) is 3.80. The van der Waals surface area contributed by atoms with E-state index in [9.17, 15) is 0 Å². The van der Waals surface area contributed by atoms with Crippen molar-refractivity contribution in [1.29, 1.82) is 0 Å². The van der Waals surface area contributed by atoms with Gasteiger partial charge in [-0.3, -0.25) is 14.0 Å². The van der Waals surface area contributed by atoms with E-state index in [4.69, 9.17) is 9.40 Å². The maximum absolute atomic E-state index is 6.00. The van der Waals surface area contributed by atoms with Crippen LogP contribution in [0.25, 0.3) is 66.6 Å². The van der Waals surface area contributed by atoms with Crippen LogP contribution >= 0.6 is 0 Å². The zero-order valence-electron chi connectivity index (χ0n) is 19.5. The first-order chi connectivity index (χ1) is 17.7. The molecule has 170 valence electrons. The Morgan fingerprint density at radius 1 is 0.694 bits per heavy atom. The van der Waals surface area contributed by atoms with Crippen molar-refractivity contribution in [3.63, 3.8) is 0 Å². The van der Waals surface area contributed by atoms with Gasteiger partial charge in [-0.05, 0) is 78.2 Å². The quantitative estimate of drug-likeness (QED) is 0.263. The van der Waals surface area contributed by atoms with Crippen molar-refractivity contribution in [3.05, 3.63) is 109 Å². The number of rotatable bonds is 2. The van der Waals surface area contributed by atoms with Crippen LogP contribution in [0.2, 0.25) is 0 Å². The maximum Gasteiger partial charge on any atom is 0.220 e. The largest absolute Gasteiger partial charge is 0.454 e. The molecule has 0 radical (unpaired) electrons. The molecule has 0 unspecified atom stereocenters. The Balaban J connectivity index is 1.40. The topological polar surface area (TPSA) is 48.3 Å². The van der Waals surface area contributed by atoms with Gasteiger partial charge in [-0.2, -0.15) is 0 Å². The Morgan fingerprint density at radius 2 is 1.53 bits per heavy atom. The fourth-order valence-electron chi connectivity index (χ4n) is 5.48. The fraction of sp³-hybridized carbons (Fsp3) is 0.0323. The summed E-state index contributed by atoms with van der Waals surface area (Å²) in [5.74, 6) is 0.915. The third kappa shape index (κ3) is 2.65. The summed E-state index contributed by atoms with van der Waals surface area (Å²) >= 11 is 0. The van der Waals surface area contributed by atoms with Crippen LogP contribution in [-0.4, -0.2) is 18.9 Å². The number of aryl methyl sites for hydroxylation is 1. The Morgan fingerprint density at radius 3 is 2.44 bits per heavy atom. The lowest BCUT2D eigenvalue weighted by molar-refractivity contribution is 0.667. The Bertz CT molecular complexity index is 2130. The van der Waals surface area contributed by atoms with Crippen molar-refractivity contribution >= 4 is 49.8 Å². The number of nitrogens with zero attached hydrogens (tertiary/aromatic N) is 4. The second kappa shape index (κ2) is 7.06. The van der Waals surface area contributed by atoms with E-state index in [1.807, 2.05) is 18.3 Å². The molecule has 4 heterocycles. The summed E-state index contributed by atoms with van der Waals surface area (Å²) in [6, 6.07) is 31.9. The molecule has 0 aliphatic carbocycles. The summed E-state index contributed by atoms with van der Waals surface area (Å²) in [5.41, 5.74) is 10.6. The molecule has 0 aliphatic heterocycles. The molecule has 8 rings (SSSR count). The van der Waals surface area contributed by atoms with Gasteiger partial charge in [0.1, 0.15) is 5.58 Å². The first-order valence-corrected chi connectivity index (χ1v) is 12.0. The zero-order valence-corrected chi connectivity index (χ0v) is 19.5. The molecule has 8 aromatic rings. The second-order valence-electron chi connectivity index (χ2n) is 9.30. The van der Waals surface area contributed by atoms with Crippen LogP contribution in [-0.2, 0) is 0 Å². The number of fused-ring (bicyclic) bond motifs is 8. The van der Waals surface area contributed by atoms with E-state index < -0.39 is 0 Å². The number of benzene rings is 4. The lowest BCUT2D eigenvalue weighted by Crippen LogP contribution is -1.96. The maximum atomic E-state index is 6.00. The number of hydrogen-bond acceptors (Lipinski definition) is 3. The molecule has 0 amide bonds. The number of aromatic nitrogens is 4. The van der Waals surface area contributed by atoms with Gasteiger partial charge in [0.25, 0.3) is 0 Å². The average Bonchev–Trinajstić information content (AvgIpc) is 3.56. The van der Waals surface area contributed by atoms with E-state index in [1.165, 1.54) is 5.56 Å². The molecule has 0 atom stereocenters. The molecular weight excluding hydrogens is 444 g/mol. The molecular formula is C31H20N4O. The van der Waals surface area contributed by atoms with Gasteiger partial charge in [0, 0.05) is 17.0 Å². The average molecular weight is 465 g/mol. The number of imidazole rings is 2. The summed E-state index contributed by atoms with van der Waals surface area (Å²) in [4.78, 5) is 9.24. The van der Waals surface area contributed by atoms with Gasteiger partial charge >= 0.3 is 0 Å². The summed E-state index contributed by atoms with van der Waals surface area (Å²) < 4.78 is 10.5. The smallest absolute Gasteiger partial charge is 0.220 e. The lowest BCUT2D eigenvalue weighted by atomic mass is 10.0. The Hall–Kier alpha value is -4.90. The Labute approximate surface area is 205 Å². The second-order valence-corrected chi connectivity index (χ2v) is 9.30. The number of furan rings is 1.